The smallest absolute Gasteiger partial charge is 0.223 e. The minimum atomic E-state index is 0.266. The highest BCUT2D eigenvalue weighted by Gasteiger charge is 2.16. The second-order valence-electron chi connectivity index (χ2n) is 4.61. The Bertz CT molecular complexity index is 188. The Hall–Kier alpha value is -0.570. The summed E-state index contributed by atoms with van der Waals surface area (Å²) in [6.45, 7) is 1.72. The molecule has 15 heavy (non-hydrogen) atoms. The lowest BCUT2D eigenvalue weighted by molar-refractivity contribution is -0.129. The summed E-state index contributed by atoms with van der Waals surface area (Å²) < 4.78 is 0. The molecule has 0 aliphatic heterocycles. The molecule has 3 nitrogen and oxygen atoms in total. The van der Waals surface area contributed by atoms with Gasteiger partial charge in [0.05, 0.1) is 0 Å². The Morgan fingerprint density at radius 3 is 2.67 bits per heavy atom. The first-order valence-electron chi connectivity index (χ1n) is 6.12. The SMILES string of the molecule is CNCCC(=O)N(C)CCC1CCCC1. The van der Waals surface area contributed by atoms with Gasteiger partial charge in [-0.25, -0.2) is 0 Å². The average Bonchev–Trinajstić information content (AvgIpc) is 2.75. The number of nitrogens with one attached hydrogen (secondary N) is 1. The third kappa shape index (κ3) is 4.65. The highest BCUT2D eigenvalue weighted by atomic mass is 16.2. The van der Waals surface area contributed by atoms with Crippen LogP contribution in [0.15, 0.2) is 0 Å². The highest BCUT2D eigenvalue weighted by Crippen LogP contribution is 2.27. The minimum Gasteiger partial charge on any atom is -0.346 e. The van der Waals surface area contributed by atoms with Crippen LogP contribution in [0.4, 0.5) is 0 Å². The van der Waals surface area contributed by atoms with Crippen LogP contribution in [0.1, 0.15) is 38.5 Å². The molecule has 1 aliphatic carbocycles. The van der Waals surface area contributed by atoms with E-state index in [2.05, 4.69) is 5.32 Å². The average molecular weight is 212 g/mol. The predicted octanol–water partition coefficient (Wildman–Crippen LogP) is 1.63. The molecule has 0 saturated heterocycles. The fourth-order valence-corrected chi connectivity index (χ4v) is 2.22. The van der Waals surface area contributed by atoms with Gasteiger partial charge in [-0.3, -0.25) is 4.79 Å². The van der Waals surface area contributed by atoms with E-state index in [4.69, 9.17) is 0 Å². The Balaban J connectivity index is 2.10. The molecule has 0 aromatic rings. The highest BCUT2D eigenvalue weighted by molar-refractivity contribution is 5.75. The van der Waals surface area contributed by atoms with Crippen molar-refractivity contribution in [3.63, 3.8) is 0 Å². The van der Waals surface area contributed by atoms with Gasteiger partial charge in [0.25, 0.3) is 0 Å². The Kier molecular flexibility index (Phi) is 5.69. The van der Waals surface area contributed by atoms with Crippen LogP contribution in [0.5, 0.6) is 0 Å². The molecule has 1 N–H and O–H groups in total. The predicted molar refractivity (Wildman–Crippen MR) is 62.8 cm³/mol. The zero-order valence-electron chi connectivity index (χ0n) is 10.1. The minimum absolute atomic E-state index is 0.266. The number of carbonyl (C=O) groups excluding carboxylic acids is 1. The Morgan fingerprint density at radius 1 is 1.40 bits per heavy atom. The summed E-state index contributed by atoms with van der Waals surface area (Å²) in [5.74, 6) is 1.15. The molecule has 0 unspecified atom stereocenters. The van der Waals surface area contributed by atoms with Gasteiger partial charge in [-0.2, -0.15) is 0 Å². The molecule has 1 aliphatic rings. The van der Waals surface area contributed by atoms with Gasteiger partial charge in [-0.1, -0.05) is 25.7 Å². The van der Waals surface area contributed by atoms with Gasteiger partial charge < -0.3 is 10.2 Å². The zero-order valence-corrected chi connectivity index (χ0v) is 10.1. The summed E-state index contributed by atoms with van der Waals surface area (Å²) in [7, 11) is 3.80. The summed E-state index contributed by atoms with van der Waals surface area (Å²) in [6, 6.07) is 0. The molecule has 1 saturated carbocycles. The van der Waals surface area contributed by atoms with Gasteiger partial charge in [0.15, 0.2) is 0 Å². The summed E-state index contributed by atoms with van der Waals surface area (Å²) >= 11 is 0. The Morgan fingerprint density at radius 2 is 2.07 bits per heavy atom. The monoisotopic (exact) mass is 212 g/mol. The molecule has 0 spiro atoms. The van der Waals surface area contributed by atoms with E-state index in [9.17, 15) is 4.79 Å². The third-order valence-electron chi connectivity index (χ3n) is 3.36. The topological polar surface area (TPSA) is 32.3 Å². The van der Waals surface area contributed by atoms with Gasteiger partial charge >= 0.3 is 0 Å². The normalized spacial score (nSPS) is 16.9. The fourth-order valence-electron chi connectivity index (χ4n) is 2.22. The number of rotatable bonds is 6. The van der Waals surface area contributed by atoms with Crippen LogP contribution in [0, 0.1) is 5.92 Å². The van der Waals surface area contributed by atoms with E-state index in [1.807, 2.05) is 19.0 Å². The summed E-state index contributed by atoms with van der Waals surface area (Å²) in [6.07, 6.45) is 7.35. The van der Waals surface area contributed by atoms with E-state index in [1.54, 1.807) is 0 Å². The maximum atomic E-state index is 11.6. The molecule has 1 amide bonds. The van der Waals surface area contributed by atoms with Crippen LogP contribution >= 0.6 is 0 Å². The maximum absolute atomic E-state index is 11.6. The third-order valence-corrected chi connectivity index (χ3v) is 3.36. The van der Waals surface area contributed by atoms with Gasteiger partial charge in [-0.05, 0) is 19.4 Å². The zero-order chi connectivity index (χ0) is 11.1. The first-order valence-corrected chi connectivity index (χ1v) is 6.12. The second-order valence-corrected chi connectivity index (χ2v) is 4.61. The van der Waals surface area contributed by atoms with Crippen LogP contribution < -0.4 is 5.32 Å². The maximum Gasteiger partial charge on any atom is 0.223 e. The van der Waals surface area contributed by atoms with Crippen LogP contribution in [-0.4, -0.2) is 38.0 Å². The van der Waals surface area contributed by atoms with Crippen molar-refractivity contribution in [1.82, 2.24) is 10.2 Å². The first kappa shape index (κ1) is 12.5. The van der Waals surface area contributed by atoms with Crippen molar-refractivity contribution in [2.24, 2.45) is 5.92 Å². The van der Waals surface area contributed by atoms with Crippen molar-refractivity contribution in [3.8, 4) is 0 Å². The van der Waals surface area contributed by atoms with Crippen LogP contribution in [0.3, 0.4) is 0 Å². The molecule has 0 aromatic carbocycles. The van der Waals surface area contributed by atoms with Crippen molar-refractivity contribution in [2.45, 2.75) is 38.5 Å². The van der Waals surface area contributed by atoms with Crippen molar-refractivity contribution < 1.29 is 4.79 Å². The van der Waals surface area contributed by atoms with Crippen LogP contribution in [0.25, 0.3) is 0 Å². The standard InChI is InChI=1S/C12H24N2O/c1-13-9-7-12(15)14(2)10-8-11-5-3-4-6-11/h11,13H,3-10H2,1-2H3. The lowest BCUT2D eigenvalue weighted by atomic mass is 10.0. The molecule has 0 bridgehead atoms. The van der Waals surface area contributed by atoms with Gasteiger partial charge in [0, 0.05) is 26.6 Å². The second kappa shape index (κ2) is 6.83. The largest absolute Gasteiger partial charge is 0.346 e. The van der Waals surface area contributed by atoms with Crippen LogP contribution in [0.2, 0.25) is 0 Å². The summed E-state index contributed by atoms with van der Waals surface area (Å²) in [5, 5.41) is 3.00. The number of hydrogen-bond donors (Lipinski definition) is 1. The molecule has 3 heteroatoms. The molecular weight excluding hydrogens is 188 g/mol. The van der Waals surface area contributed by atoms with Crippen molar-refractivity contribution in [1.29, 1.82) is 0 Å². The van der Waals surface area contributed by atoms with E-state index < -0.39 is 0 Å². The molecule has 1 rings (SSSR count). The quantitative estimate of drug-likeness (QED) is 0.726. The number of nitrogens with zero attached hydrogens (tertiary/aromatic N) is 1. The molecule has 88 valence electrons. The lowest BCUT2D eigenvalue weighted by Gasteiger charge is -2.19. The molecule has 0 heterocycles. The number of amides is 1. The lowest BCUT2D eigenvalue weighted by Crippen LogP contribution is -2.30. The molecular formula is C12H24N2O. The fraction of sp³-hybridized carbons (Fsp3) is 0.917. The molecule has 0 radical (unpaired) electrons. The van der Waals surface area contributed by atoms with Gasteiger partial charge in [0.2, 0.25) is 5.91 Å². The summed E-state index contributed by atoms with van der Waals surface area (Å²) in [4.78, 5) is 13.5. The van der Waals surface area contributed by atoms with Crippen molar-refractivity contribution >= 4 is 5.91 Å². The molecule has 1 fully saturated rings. The van der Waals surface area contributed by atoms with Crippen LogP contribution in [-0.2, 0) is 4.79 Å². The van der Waals surface area contributed by atoms with Gasteiger partial charge in [0.1, 0.15) is 0 Å². The number of hydrogen-bond acceptors (Lipinski definition) is 2. The van der Waals surface area contributed by atoms with Crippen molar-refractivity contribution in [3.05, 3.63) is 0 Å². The number of carbonyl (C=O) groups is 1. The van der Waals surface area contributed by atoms with E-state index in [1.165, 1.54) is 32.1 Å². The summed E-state index contributed by atoms with van der Waals surface area (Å²) in [5.41, 5.74) is 0. The van der Waals surface area contributed by atoms with Gasteiger partial charge in [-0.15, -0.1) is 0 Å². The van der Waals surface area contributed by atoms with E-state index >= 15 is 0 Å². The molecule has 0 atom stereocenters. The van der Waals surface area contributed by atoms with Crippen molar-refractivity contribution in [2.75, 3.05) is 27.2 Å². The van der Waals surface area contributed by atoms with E-state index in [-0.39, 0.29) is 5.91 Å². The Labute approximate surface area is 93.2 Å². The molecule has 0 aromatic heterocycles. The first-order chi connectivity index (χ1) is 7.24. The van der Waals surface area contributed by atoms with E-state index in [0.717, 1.165) is 19.0 Å². The van der Waals surface area contributed by atoms with E-state index in [0.29, 0.717) is 6.42 Å².